The van der Waals surface area contributed by atoms with E-state index < -0.39 is 27.2 Å². The van der Waals surface area contributed by atoms with Crippen LogP contribution in [-0.4, -0.2) is 77.7 Å². The van der Waals surface area contributed by atoms with Gasteiger partial charge in [-0.25, -0.2) is 8.42 Å². The number of hydrogen-bond acceptors (Lipinski definition) is 7. The maximum atomic E-state index is 13.8. The van der Waals surface area contributed by atoms with E-state index in [0.717, 1.165) is 44.2 Å². The highest BCUT2D eigenvalue weighted by molar-refractivity contribution is 7.92. The summed E-state index contributed by atoms with van der Waals surface area (Å²) in [5.74, 6) is 1.18. The third-order valence-electron chi connectivity index (χ3n) is 9.67. The number of carbonyl (C=O) groups is 2. The van der Waals surface area contributed by atoms with E-state index in [1.807, 2.05) is 29.2 Å². The van der Waals surface area contributed by atoms with Gasteiger partial charge in [0.1, 0.15) is 23.1 Å². The Bertz CT molecular complexity index is 1420. The number of benzene rings is 2. The zero-order chi connectivity index (χ0) is 32.1. The molecule has 1 atom stereocenters. The largest absolute Gasteiger partial charge is 0.457 e. The Morgan fingerprint density at radius 1 is 0.933 bits per heavy atom. The zero-order valence-corrected chi connectivity index (χ0v) is 27.4. The number of nitrogens with zero attached hydrogens (tertiary/aromatic N) is 2. The summed E-state index contributed by atoms with van der Waals surface area (Å²) in [5.41, 5.74) is -0.101. The predicted molar refractivity (Wildman–Crippen MR) is 174 cm³/mol. The lowest BCUT2D eigenvalue weighted by atomic mass is 9.77. The van der Waals surface area contributed by atoms with E-state index >= 15 is 0 Å². The number of nitrogens with one attached hydrogen (secondary N) is 2. The van der Waals surface area contributed by atoms with E-state index in [1.54, 1.807) is 31.2 Å². The molecule has 11 heteroatoms. The maximum Gasteiger partial charge on any atom is 0.246 e. The van der Waals surface area contributed by atoms with Crippen molar-refractivity contribution in [3.05, 3.63) is 54.1 Å². The lowest BCUT2D eigenvalue weighted by Crippen LogP contribution is -2.73. The first-order valence-corrected chi connectivity index (χ1v) is 18.1. The van der Waals surface area contributed by atoms with E-state index in [9.17, 15) is 23.1 Å². The molecular weight excluding hydrogens is 592 g/mol. The fourth-order valence-corrected chi connectivity index (χ4v) is 7.57. The van der Waals surface area contributed by atoms with Crippen LogP contribution in [0, 0.1) is 0 Å². The molecule has 0 radical (unpaired) electrons. The smallest absolute Gasteiger partial charge is 0.246 e. The van der Waals surface area contributed by atoms with E-state index in [4.69, 9.17) is 4.74 Å². The molecule has 2 saturated heterocycles. The Labute approximate surface area is 267 Å². The average molecular weight is 641 g/mol. The van der Waals surface area contributed by atoms with Crippen LogP contribution >= 0.6 is 0 Å². The first-order valence-electron chi connectivity index (χ1n) is 16.5. The van der Waals surface area contributed by atoms with E-state index in [-0.39, 0.29) is 17.6 Å². The van der Waals surface area contributed by atoms with Gasteiger partial charge in [-0.3, -0.25) is 19.2 Å². The van der Waals surface area contributed by atoms with Crippen molar-refractivity contribution in [2.24, 2.45) is 0 Å². The van der Waals surface area contributed by atoms with Gasteiger partial charge in [-0.15, -0.1) is 0 Å². The minimum Gasteiger partial charge on any atom is -0.457 e. The molecule has 0 unspecified atom stereocenters. The summed E-state index contributed by atoms with van der Waals surface area (Å²) in [4.78, 5) is 31.8. The number of amides is 2. The molecule has 0 aromatic heterocycles. The molecule has 246 valence electrons. The molecule has 3 N–H and O–H groups in total. The number of unbranched alkanes of at least 4 members (excludes halogenated alkanes) is 1. The van der Waals surface area contributed by atoms with Crippen molar-refractivity contribution in [3.8, 4) is 11.5 Å². The second-order valence-electron chi connectivity index (χ2n) is 12.9. The molecule has 3 aliphatic rings. The molecule has 1 spiro atoms. The molecule has 10 nitrogen and oxygen atoms in total. The Balaban J connectivity index is 1.17. The summed E-state index contributed by atoms with van der Waals surface area (Å²) in [6.45, 7) is 6.37. The molecule has 1 aliphatic carbocycles. The summed E-state index contributed by atoms with van der Waals surface area (Å²) >= 11 is 0. The highest BCUT2D eigenvalue weighted by Crippen LogP contribution is 2.38. The summed E-state index contributed by atoms with van der Waals surface area (Å²) in [6.07, 6.45) is 7.64. The van der Waals surface area contributed by atoms with Crippen molar-refractivity contribution in [1.29, 1.82) is 0 Å². The fourth-order valence-electron chi connectivity index (χ4n) is 6.93. The number of piperazine rings is 1. The number of piperidine rings is 1. The highest BCUT2D eigenvalue weighted by Gasteiger charge is 2.54. The van der Waals surface area contributed by atoms with Gasteiger partial charge in [0.2, 0.25) is 21.8 Å². The topological polar surface area (TPSA) is 128 Å². The molecule has 2 aromatic carbocycles. The molecule has 45 heavy (non-hydrogen) atoms. The molecule has 2 aromatic rings. The molecule has 3 fully saturated rings. The van der Waals surface area contributed by atoms with Gasteiger partial charge in [0.15, 0.2) is 0 Å². The van der Waals surface area contributed by atoms with Gasteiger partial charge in [0, 0.05) is 38.3 Å². The number of carbonyl (C=O) groups excluding carboxylic acids is 2. The maximum absolute atomic E-state index is 13.8. The van der Waals surface area contributed by atoms with Crippen LogP contribution in [0.4, 0.5) is 5.69 Å². The van der Waals surface area contributed by atoms with Gasteiger partial charge >= 0.3 is 0 Å². The van der Waals surface area contributed by atoms with Crippen LogP contribution in [0.1, 0.15) is 83.6 Å². The van der Waals surface area contributed by atoms with E-state index in [2.05, 4.69) is 21.9 Å². The molecule has 5 rings (SSSR count). The van der Waals surface area contributed by atoms with Crippen molar-refractivity contribution < 1.29 is 27.9 Å². The molecule has 1 saturated carbocycles. The van der Waals surface area contributed by atoms with Crippen molar-refractivity contribution >= 4 is 27.5 Å². The highest BCUT2D eigenvalue weighted by atomic mass is 32.2. The summed E-state index contributed by atoms with van der Waals surface area (Å²) < 4.78 is 32.0. The van der Waals surface area contributed by atoms with Crippen molar-refractivity contribution in [2.75, 3.05) is 30.1 Å². The SMILES string of the molecule is CCCCN1C(=O)[C@@H](CC2(O)CCCCC2)NC(=O)C12CCN(Cc1ccc(Oc3ccc(NS(=O)(=O)CC)cc3)cc1)CC2. The minimum atomic E-state index is -3.33. The Morgan fingerprint density at radius 2 is 1.56 bits per heavy atom. The van der Waals surface area contributed by atoms with E-state index in [1.165, 1.54) is 0 Å². The number of rotatable bonds is 12. The van der Waals surface area contributed by atoms with E-state index in [0.29, 0.717) is 68.9 Å². The molecule has 0 bridgehead atoms. The van der Waals surface area contributed by atoms with Crippen molar-refractivity contribution in [1.82, 2.24) is 15.1 Å². The summed E-state index contributed by atoms with van der Waals surface area (Å²) in [5, 5.41) is 14.2. The Hall–Kier alpha value is -3.15. The summed E-state index contributed by atoms with van der Waals surface area (Å²) in [6, 6.07) is 14.0. The first-order chi connectivity index (χ1) is 21.5. The van der Waals surface area contributed by atoms with Gasteiger partial charge < -0.3 is 20.1 Å². The van der Waals surface area contributed by atoms with Crippen molar-refractivity contribution in [3.63, 3.8) is 0 Å². The second-order valence-corrected chi connectivity index (χ2v) is 15.0. The molecule has 2 heterocycles. The standard InChI is InChI=1S/C34H48N4O6S/c1-3-5-21-38-31(39)30(24-33(41)17-7-6-8-18-33)35-32(40)34(38)19-22-37(23-20-34)25-26-9-13-28(14-10-26)44-29-15-11-27(12-16-29)36-45(42,43)4-2/h9-16,30,36,41H,3-8,17-25H2,1-2H3,(H,35,40)/t30-/m1/s1. The lowest BCUT2D eigenvalue weighted by Gasteiger charge is -2.52. The normalized spacial score (nSPS) is 21.8. The third-order valence-corrected chi connectivity index (χ3v) is 11.0. The van der Waals surface area contributed by atoms with Crippen LogP contribution in [-0.2, 0) is 26.2 Å². The minimum absolute atomic E-state index is 0.00861. The Morgan fingerprint density at radius 3 is 2.16 bits per heavy atom. The number of likely N-dealkylation sites (tertiary alicyclic amines) is 1. The van der Waals surface area contributed by atoms with Crippen LogP contribution in [0.3, 0.4) is 0 Å². The fraction of sp³-hybridized carbons (Fsp3) is 0.588. The first kappa shape index (κ1) is 33.2. The van der Waals surface area contributed by atoms with Crippen LogP contribution in [0.2, 0.25) is 0 Å². The molecule has 2 amide bonds. The number of hydrogen-bond donors (Lipinski definition) is 3. The van der Waals surface area contributed by atoms with Crippen LogP contribution < -0.4 is 14.8 Å². The average Bonchev–Trinajstić information content (AvgIpc) is 3.03. The van der Waals surface area contributed by atoms with Gasteiger partial charge in [-0.1, -0.05) is 44.7 Å². The number of aliphatic hydroxyl groups is 1. The van der Waals surface area contributed by atoms with Crippen LogP contribution in [0.15, 0.2) is 48.5 Å². The number of ether oxygens (including phenoxy) is 1. The van der Waals surface area contributed by atoms with Gasteiger partial charge in [-0.2, -0.15) is 0 Å². The molecule has 2 aliphatic heterocycles. The number of sulfonamides is 1. The third kappa shape index (κ3) is 7.99. The molecular formula is C34H48N4O6S. The predicted octanol–water partition coefficient (Wildman–Crippen LogP) is 4.79. The van der Waals surface area contributed by atoms with Crippen LogP contribution in [0.25, 0.3) is 0 Å². The quantitative estimate of drug-likeness (QED) is 0.305. The Kier molecular flexibility index (Phi) is 10.4. The summed E-state index contributed by atoms with van der Waals surface area (Å²) in [7, 11) is -3.33. The van der Waals surface area contributed by atoms with Crippen LogP contribution in [0.5, 0.6) is 11.5 Å². The lowest BCUT2D eigenvalue weighted by molar-refractivity contribution is -0.163. The number of anilines is 1. The second kappa shape index (κ2) is 14.1. The van der Waals surface area contributed by atoms with Gasteiger partial charge in [0.25, 0.3) is 0 Å². The zero-order valence-electron chi connectivity index (χ0n) is 26.6. The monoisotopic (exact) mass is 640 g/mol. The van der Waals surface area contributed by atoms with Gasteiger partial charge in [-0.05, 0) is 81.0 Å². The van der Waals surface area contributed by atoms with Gasteiger partial charge in [0.05, 0.1) is 11.4 Å². The van der Waals surface area contributed by atoms with Crippen molar-refractivity contribution in [2.45, 2.75) is 102 Å².